The first-order valence-electron chi connectivity index (χ1n) is 8.49. The number of H-pyrrole nitrogens is 1. The fourth-order valence-electron chi connectivity index (χ4n) is 2.79. The molecule has 5 nitrogen and oxygen atoms in total. The van der Waals surface area contributed by atoms with E-state index in [0.29, 0.717) is 27.1 Å². The number of aromatic nitrogens is 1. The van der Waals surface area contributed by atoms with Crippen LogP contribution in [0, 0.1) is 18.3 Å². The van der Waals surface area contributed by atoms with Crippen molar-refractivity contribution in [2.75, 3.05) is 6.61 Å². The van der Waals surface area contributed by atoms with Gasteiger partial charge in [0.15, 0.2) is 0 Å². The molecule has 1 heterocycles. The van der Waals surface area contributed by atoms with Crippen LogP contribution < -0.4 is 5.56 Å². The van der Waals surface area contributed by atoms with Gasteiger partial charge in [0.05, 0.1) is 17.2 Å². The van der Waals surface area contributed by atoms with Crippen molar-refractivity contribution in [1.82, 2.24) is 4.98 Å². The van der Waals surface area contributed by atoms with Gasteiger partial charge in [0.25, 0.3) is 5.56 Å². The number of fused-ring (bicyclic) bond motifs is 1. The number of hydrogen-bond acceptors (Lipinski definition) is 5. The number of carbonyl (C=O) groups excluding carboxylic acids is 1. The number of thioether (sulfide) groups is 1. The van der Waals surface area contributed by atoms with Gasteiger partial charge in [0.2, 0.25) is 0 Å². The molecule has 0 aliphatic carbocycles. The minimum atomic E-state index is -0.432. The van der Waals surface area contributed by atoms with Crippen LogP contribution in [0.5, 0.6) is 0 Å². The highest BCUT2D eigenvalue weighted by Crippen LogP contribution is 2.30. The number of esters is 1. The van der Waals surface area contributed by atoms with Gasteiger partial charge in [-0.15, -0.1) is 11.8 Å². The SMILES string of the molecule is CCOC(=O)c1ccc2c(C#N)c(=O)[nH]c(SCc3ccccc3C)c2c1. The Balaban J connectivity index is 2.08. The lowest BCUT2D eigenvalue weighted by Crippen LogP contribution is -2.12. The Morgan fingerprint density at radius 3 is 2.70 bits per heavy atom. The molecule has 0 amide bonds. The molecule has 0 bridgehead atoms. The van der Waals surface area contributed by atoms with Crippen molar-refractivity contribution in [2.24, 2.45) is 0 Å². The molecule has 0 aliphatic heterocycles. The number of ether oxygens (including phenoxy) is 1. The first-order chi connectivity index (χ1) is 13.0. The summed E-state index contributed by atoms with van der Waals surface area (Å²) in [5.74, 6) is 0.228. The van der Waals surface area contributed by atoms with E-state index in [0.717, 1.165) is 11.1 Å². The monoisotopic (exact) mass is 378 g/mol. The summed E-state index contributed by atoms with van der Waals surface area (Å²) < 4.78 is 5.06. The number of nitriles is 1. The van der Waals surface area contributed by atoms with Crippen molar-refractivity contribution in [3.63, 3.8) is 0 Å². The molecule has 0 radical (unpaired) electrons. The molecule has 0 atom stereocenters. The number of nitrogens with one attached hydrogen (secondary N) is 1. The van der Waals surface area contributed by atoms with E-state index in [1.54, 1.807) is 25.1 Å². The van der Waals surface area contributed by atoms with E-state index in [2.05, 4.69) is 4.98 Å². The van der Waals surface area contributed by atoms with E-state index >= 15 is 0 Å². The third-order valence-electron chi connectivity index (χ3n) is 4.24. The number of benzene rings is 2. The van der Waals surface area contributed by atoms with E-state index in [1.165, 1.54) is 11.8 Å². The van der Waals surface area contributed by atoms with Gasteiger partial charge >= 0.3 is 5.97 Å². The van der Waals surface area contributed by atoms with Crippen LogP contribution in [0.2, 0.25) is 0 Å². The lowest BCUT2D eigenvalue weighted by molar-refractivity contribution is 0.0526. The fraction of sp³-hybridized carbons (Fsp3) is 0.190. The fourth-order valence-corrected chi connectivity index (χ4v) is 3.91. The van der Waals surface area contributed by atoms with Crippen molar-refractivity contribution in [3.05, 3.63) is 75.1 Å². The molecule has 1 N–H and O–H groups in total. The molecule has 0 spiro atoms. The summed E-state index contributed by atoms with van der Waals surface area (Å²) in [4.78, 5) is 27.2. The number of rotatable bonds is 5. The number of nitrogens with zero attached hydrogens (tertiary/aromatic N) is 1. The Bertz CT molecular complexity index is 1110. The van der Waals surface area contributed by atoms with Crippen LogP contribution >= 0.6 is 11.8 Å². The second-order valence-electron chi connectivity index (χ2n) is 5.97. The molecular weight excluding hydrogens is 360 g/mol. The normalized spacial score (nSPS) is 10.6. The molecule has 0 aliphatic rings. The van der Waals surface area contributed by atoms with E-state index in [1.807, 2.05) is 37.3 Å². The van der Waals surface area contributed by atoms with Crippen molar-refractivity contribution in [1.29, 1.82) is 5.26 Å². The van der Waals surface area contributed by atoms with Crippen LogP contribution in [0.15, 0.2) is 52.3 Å². The standard InChI is InChI=1S/C21H18N2O3S/c1-3-26-21(25)14-8-9-16-17(10-14)20(23-19(24)18(16)11-22)27-12-15-7-5-4-6-13(15)2/h4-10H,3,12H2,1-2H3,(H,23,24). The van der Waals surface area contributed by atoms with Gasteiger partial charge < -0.3 is 9.72 Å². The molecule has 0 fully saturated rings. The predicted octanol–water partition coefficient (Wildman–Crippen LogP) is 4.18. The van der Waals surface area contributed by atoms with Crippen LogP contribution in [0.3, 0.4) is 0 Å². The predicted molar refractivity (Wildman–Crippen MR) is 106 cm³/mol. The summed E-state index contributed by atoms with van der Waals surface area (Å²) in [6, 6.07) is 14.9. The molecule has 136 valence electrons. The Morgan fingerprint density at radius 1 is 1.22 bits per heavy atom. The molecule has 0 saturated carbocycles. The zero-order chi connectivity index (χ0) is 19.4. The Hall–Kier alpha value is -3.04. The third kappa shape index (κ3) is 3.88. The number of carbonyl (C=O) groups is 1. The average Bonchev–Trinajstić information content (AvgIpc) is 2.67. The number of aryl methyl sites for hydroxylation is 1. The van der Waals surface area contributed by atoms with E-state index in [9.17, 15) is 14.9 Å². The van der Waals surface area contributed by atoms with Crippen LogP contribution in [0.4, 0.5) is 0 Å². The first kappa shape index (κ1) is 18.7. The van der Waals surface area contributed by atoms with Gasteiger partial charge in [-0.25, -0.2) is 4.79 Å². The highest BCUT2D eigenvalue weighted by Gasteiger charge is 2.15. The van der Waals surface area contributed by atoms with Crippen molar-refractivity contribution in [2.45, 2.75) is 24.6 Å². The minimum Gasteiger partial charge on any atom is -0.462 e. The summed E-state index contributed by atoms with van der Waals surface area (Å²) >= 11 is 1.47. The maximum Gasteiger partial charge on any atom is 0.338 e. The quantitative estimate of drug-likeness (QED) is 0.532. The number of hydrogen-bond donors (Lipinski definition) is 1. The van der Waals surface area contributed by atoms with E-state index < -0.39 is 11.5 Å². The topological polar surface area (TPSA) is 82.9 Å². The molecule has 3 rings (SSSR count). The zero-order valence-electron chi connectivity index (χ0n) is 15.0. The van der Waals surface area contributed by atoms with Crippen molar-refractivity contribution < 1.29 is 9.53 Å². The smallest absolute Gasteiger partial charge is 0.338 e. The first-order valence-corrected chi connectivity index (χ1v) is 9.48. The van der Waals surface area contributed by atoms with Crippen molar-refractivity contribution in [3.8, 4) is 6.07 Å². The van der Waals surface area contributed by atoms with E-state index in [-0.39, 0.29) is 12.2 Å². The van der Waals surface area contributed by atoms with Gasteiger partial charge in [-0.1, -0.05) is 30.3 Å². The lowest BCUT2D eigenvalue weighted by atomic mass is 10.1. The Kier molecular flexibility index (Phi) is 5.63. The summed E-state index contributed by atoms with van der Waals surface area (Å²) in [5.41, 5.74) is 2.32. The van der Waals surface area contributed by atoms with Gasteiger partial charge in [0, 0.05) is 16.5 Å². The molecule has 3 aromatic rings. The number of aromatic amines is 1. The van der Waals surface area contributed by atoms with Gasteiger partial charge in [-0.05, 0) is 37.1 Å². The highest BCUT2D eigenvalue weighted by atomic mass is 32.2. The second kappa shape index (κ2) is 8.11. The maximum atomic E-state index is 12.3. The summed E-state index contributed by atoms with van der Waals surface area (Å²) in [7, 11) is 0. The van der Waals surface area contributed by atoms with Gasteiger partial charge in [-0.3, -0.25) is 4.79 Å². The molecule has 1 aromatic heterocycles. The molecule has 0 saturated heterocycles. The molecule has 6 heteroatoms. The Labute approximate surface area is 161 Å². The largest absolute Gasteiger partial charge is 0.462 e. The van der Waals surface area contributed by atoms with Crippen LogP contribution in [0.25, 0.3) is 10.8 Å². The zero-order valence-corrected chi connectivity index (χ0v) is 15.9. The van der Waals surface area contributed by atoms with Gasteiger partial charge in [0.1, 0.15) is 11.6 Å². The van der Waals surface area contributed by atoms with E-state index in [4.69, 9.17) is 4.74 Å². The minimum absolute atomic E-state index is 0.0423. The summed E-state index contributed by atoms with van der Waals surface area (Å²) in [6.07, 6.45) is 0. The molecule has 0 unspecified atom stereocenters. The summed E-state index contributed by atoms with van der Waals surface area (Å²) in [5, 5.41) is 11.2. The highest BCUT2D eigenvalue weighted by molar-refractivity contribution is 7.98. The molecular formula is C21H18N2O3S. The molecule has 2 aromatic carbocycles. The summed E-state index contributed by atoms with van der Waals surface area (Å²) in [6.45, 7) is 4.06. The van der Waals surface area contributed by atoms with Crippen LogP contribution in [-0.4, -0.2) is 17.6 Å². The lowest BCUT2D eigenvalue weighted by Gasteiger charge is -2.10. The maximum absolute atomic E-state index is 12.3. The Morgan fingerprint density at radius 2 is 2.00 bits per heavy atom. The molecule has 27 heavy (non-hydrogen) atoms. The van der Waals surface area contributed by atoms with Gasteiger partial charge in [-0.2, -0.15) is 5.26 Å². The third-order valence-corrected chi connectivity index (χ3v) is 5.31. The van der Waals surface area contributed by atoms with Crippen molar-refractivity contribution >= 4 is 28.5 Å². The van der Waals surface area contributed by atoms with Crippen LogP contribution in [0.1, 0.15) is 34.0 Å². The average molecular weight is 378 g/mol. The second-order valence-corrected chi connectivity index (χ2v) is 6.95. The van der Waals surface area contributed by atoms with Crippen LogP contribution in [-0.2, 0) is 10.5 Å². The number of pyridine rings is 1.